The van der Waals surface area contributed by atoms with Crippen LogP contribution < -0.4 is 0 Å². The molecule has 0 spiro atoms. The van der Waals surface area contributed by atoms with E-state index in [4.69, 9.17) is 9.47 Å². The first-order valence-corrected chi connectivity index (χ1v) is 6.87. The van der Waals surface area contributed by atoms with Gasteiger partial charge >= 0.3 is 5.97 Å². The lowest BCUT2D eigenvalue weighted by Crippen LogP contribution is -2.51. The number of aliphatic carboxylic acids is 1. The fourth-order valence-corrected chi connectivity index (χ4v) is 2.76. The number of carboxylic acid groups (broad SMARTS) is 1. The summed E-state index contributed by atoms with van der Waals surface area (Å²) < 4.78 is 10.7. The molecule has 0 aromatic carbocycles. The summed E-state index contributed by atoms with van der Waals surface area (Å²) in [5.41, 5.74) is 0. The van der Waals surface area contributed by atoms with Gasteiger partial charge in [0.15, 0.2) is 0 Å². The Kier molecular flexibility index (Phi) is 4.76. The molecule has 3 unspecified atom stereocenters. The zero-order valence-electron chi connectivity index (χ0n) is 11.2. The highest BCUT2D eigenvalue weighted by Crippen LogP contribution is 2.23. The number of amides is 1. The smallest absolute Gasteiger partial charge is 0.311 e. The van der Waals surface area contributed by atoms with E-state index in [0.717, 1.165) is 19.3 Å². The van der Waals surface area contributed by atoms with Crippen molar-refractivity contribution < 1.29 is 24.2 Å². The molecule has 6 nitrogen and oxygen atoms in total. The quantitative estimate of drug-likeness (QED) is 0.806. The lowest BCUT2D eigenvalue weighted by molar-refractivity contribution is -0.152. The van der Waals surface area contributed by atoms with Crippen LogP contribution in [0.1, 0.15) is 26.2 Å². The van der Waals surface area contributed by atoms with Gasteiger partial charge in [0, 0.05) is 13.2 Å². The summed E-state index contributed by atoms with van der Waals surface area (Å²) in [7, 11) is 0. The molecule has 6 heteroatoms. The largest absolute Gasteiger partial charge is 0.481 e. The van der Waals surface area contributed by atoms with Gasteiger partial charge in [-0.1, -0.05) is 0 Å². The standard InChI is InChI=1S/C13H21NO5/c1-2-14(10-8-18-7-9(10)13(16)17)12(15)11-5-3-4-6-19-11/h9-11H,2-8H2,1H3,(H,16,17). The lowest BCUT2D eigenvalue weighted by atomic mass is 10.0. The van der Waals surface area contributed by atoms with E-state index in [1.54, 1.807) is 4.90 Å². The van der Waals surface area contributed by atoms with E-state index in [1.807, 2.05) is 6.92 Å². The number of ether oxygens (including phenoxy) is 2. The molecule has 1 N–H and O–H groups in total. The molecule has 0 radical (unpaired) electrons. The molecule has 0 aromatic heterocycles. The number of carbonyl (C=O) groups is 2. The third kappa shape index (κ3) is 3.06. The molecule has 108 valence electrons. The zero-order chi connectivity index (χ0) is 13.8. The lowest BCUT2D eigenvalue weighted by Gasteiger charge is -2.33. The Bertz CT molecular complexity index is 340. The van der Waals surface area contributed by atoms with Crippen LogP contribution in [0.5, 0.6) is 0 Å². The minimum absolute atomic E-state index is 0.0936. The minimum atomic E-state index is -0.904. The maximum atomic E-state index is 12.4. The summed E-state index contributed by atoms with van der Waals surface area (Å²) in [5, 5.41) is 9.17. The van der Waals surface area contributed by atoms with Gasteiger partial charge in [0.1, 0.15) is 12.0 Å². The fourth-order valence-electron chi connectivity index (χ4n) is 2.76. The predicted octanol–water partition coefficient (Wildman–Crippen LogP) is 0.504. The average molecular weight is 271 g/mol. The van der Waals surface area contributed by atoms with Crippen LogP contribution in [0.15, 0.2) is 0 Å². The summed E-state index contributed by atoms with van der Waals surface area (Å²) in [5.74, 6) is -1.63. The van der Waals surface area contributed by atoms with Crippen molar-refractivity contribution in [1.29, 1.82) is 0 Å². The minimum Gasteiger partial charge on any atom is -0.481 e. The first-order chi connectivity index (χ1) is 9.15. The van der Waals surface area contributed by atoms with E-state index in [9.17, 15) is 14.7 Å². The van der Waals surface area contributed by atoms with Gasteiger partial charge in [-0.15, -0.1) is 0 Å². The number of carbonyl (C=O) groups excluding carboxylic acids is 1. The van der Waals surface area contributed by atoms with Gasteiger partial charge < -0.3 is 19.5 Å². The fraction of sp³-hybridized carbons (Fsp3) is 0.846. The zero-order valence-corrected chi connectivity index (χ0v) is 11.2. The number of nitrogens with zero attached hydrogens (tertiary/aromatic N) is 1. The Morgan fingerprint density at radius 1 is 1.32 bits per heavy atom. The number of carboxylic acids is 1. The van der Waals surface area contributed by atoms with Gasteiger partial charge in [-0.05, 0) is 26.2 Å². The van der Waals surface area contributed by atoms with Crippen molar-refractivity contribution in [2.45, 2.75) is 38.3 Å². The van der Waals surface area contributed by atoms with E-state index >= 15 is 0 Å². The molecule has 1 amide bonds. The molecule has 2 heterocycles. The SMILES string of the molecule is CCN(C(=O)C1CCCCO1)C1COCC1C(=O)O. The van der Waals surface area contributed by atoms with Gasteiger partial charge in [-0.25, -0.2) is 0 Å². The highest BCUT2D eigenvalue weighted by Gasteiger charge is 2.41. The van der Waals surface area contributed by atoms with Crippen LogP contribution in [0.4, 0.5) is 0 Å². The Morgan fingerprint density at radius 3 is 2.68 bits per heavy atom. The molecule has 19 heavy (non-hydrogen) atoms. The van der Waals surface area contributed by atoms with Gasteiger partial charge in [0.05, 0.1) is 19.3 Å². The molecule has 2 rings (SSSR count). The molecular weight excluding hydrogens is 250 g/mol. The monoisotopic (exact) mass is 271 g/mol. The summed E-state index contributed by atoms with van der Waals surface area (Å²) in [4.78, 5) is 25.2. The van der Waals surface area contributed by atoms with Crippen molar-refractivity contribution in [3.8, 4) is 0 Å². The first kappa shape index (κ1) is 14.3. The summed E-state index contributed by atoms with van der Waals surface area (Å²) >= 11 is 0. The maximum absolute atomic E-state index is 12.4. The molecule has 2 aliphatic heterocycles. The molecular formula is C13H21NO5. The van der Waals surface area contributed by atoms with Gasteiger partial charge in [0.2, 0.25) is 0 Å². The third-order valence-corrected chi connectivity index (χ3v) is 3.85. The van der Waals surface area contributed by atoms with Crippen LogP contribution >= 0.6 is 0 Å². The van der Waals surface area contributed by atoms with Crippen LogP contribution in [-0.2, 0) is 19.1 Å². The normalized spacial score (nSPS) is 31.1. The van der Waals surface area contributed by atoms with Crippen LogP contribution in [0, 0.1) is 5.92 Å². The number of hydrogen-bond donors (Lipinski definition) is 1. The molecule has 0 aromatic rings. The highest BCUT2D eigenvalue weighted by atomic mass is 16.5. The number of likely N-dealkylation sites (N-methyl/N-ethyl adjacent to an activating group) is 1. The van der Waals surface area contributed by atoms with Crippen molar-refractivity contribution in [2.75, 3.05) is 26.4 Å². The topological polar surface area (TPSA) is 76.1 Å². The second-order valence-electron chi connectivity index (χ2n) is 5.03. The summed E-state index contributed by atoms with van der Waals surface area (Å²) in [6, 6.07) is -0.375. The molecule has 0 saturated carbocycles. The van der Waals surface area contributed by atoms with E-state index < -0.39 is 18.0 Å². The second-order valence-corrected chi connectivity index (χ2v) is 5.03. The number of rotatable bonds is 4. The van der Waals surface area contributed by atoms with Crippen molar-refractivity contribution >= 4 is 11.9 Å². The number of hydrogen-bond acceptors (Lipinski definition) is 4. The molecule has 0 aliphatic carbocycles. The second kappa shape index (κ2) is 6.34. The molecule has 2 saturated heterocycles. The van der Waals surface area contributed by atoms with Gasteiger partial charge in [-0.3, -0.25) is 9.59 Å². The first-order valence-electron chi connectivity index (χ1n) is 6.87. The van der Waals surface area contributed by atoms with Crippen molar-refractivity contribution in [2.24, 2.45) is 5.92 Å². The van der Waals surface area contributed by atoms with E-state index in [1.165, 1.54) is 0 Å². The summed E-state index contributed by atoms with van der Waals surface area (Å²) in [6.07, 6.45) is 2.28. The third-order valence-electron chi connectivity index (χ3n) is 3.85. The molecule has 2 aliphatic rings. The Hall–Kier alpha value is -1.14. The van der Waals surface area contributed by atoms with Gasteiger partial charge in [0.25, 0.3) is 5.91 Å². The molecule has 0 bridgehead atoms. The van der Waals surface area contributed by atoms with Crippen molar-refractivity contribution in [3.63, 3.8) is 0 Å². The van der Waals surface area contributed by atoms with E-state index in [0.29, 0.717) is 19.8 Å². The van der Waals surface area contributed by atoms with E-state index in [-0.39, 0.29) is 18.6 Å². The van der Waals surface area contributed by atoms with Crippen LogP contribution in [-0.4, -0.2) is 60.4 Å². The van der Waals surface area contributed by atoms with Crippen LogP contribution in [0.3, 0.4) is 0 Å². The van der Waals surface area contributed by atoms with Crippen molar-refractivity contribution in [3.05, 3.63) is 0 Å². The molecule has 3 atom stereocenters. The van der Waals surface area contributed by atoms with Gasteiger partial charge in [-0.2, -0.15) is 0 Å². The maximum Gasteiger partial charge on any atom is 0.311 e. The summed E-state index contributed by atoms with van der Waals surface area (Å²) in [6.45, 7) is 3.42. The van der Waals surface area contributed by atoms with E-state index in [2.05, 4.69) is 0 Å². The predicted molar refractivity (Wildman–Crippen MR) is 66.7 cm³/mol. The molecule has 2 fully saturated rings. The Labute approximate surface area is 112 Å². The van der Waals surface area contributed by atoms with Crippen LogP contribution in [0.25, 0.3) is 0 Å². The Morgan fingerprint density at radius 2 is 2.11 bits per heavy atom. The Balaban J connectivity index is 2.05. The average Bonchev–Trinajstić information content (AvgIpc) is 2.90. The highest BCUT2D eigenvalue weighted by molar-refractivity contribution is 5.82. The van der Waals surface area contributed by atoms with Crippen molar-refractivity contribution in [1.82, 2.24) is 4.90 Å². The van der Waals surface area contributed by atoms with Crippen LogP contribution in [0.2, 0.25) is 0 Å².